The predicted molar refractivity (Wildman–Crippen MR) is 77.6 cm³/mol. The van der Waals surface area contributed by atoms with E-state index in [9.17, 15) is 4.79 Å². The molecule has 1 aliphatic rings. The Bertz CT molecular complexity index is 438. The summed E-state index contributed by atoms with van der Waals surface area (Å²) in [5, 5.41) is 2.99. The molecule has 0 heterocycles. The van der Waals surface area contributed by atoms with Gasteiger partial charge in [0.05, 0.1) is 6.61 Å². The van der Waals surface area contributed by atoms with Gasteiger partial charge >= 0.3 is 0 Å². The second-order valence-corrected chi connectivity index (χ2v) is 5.18. The number of aryl methyl sites for hydroxylation is 1. The van der Waals surface area contributed by atoms with Crippen molar-refractivity contribution in [2.24, 2.45) is 5.92 Å². The van der Waals surface area contributed by atoms with E-state index in [1.807, 2.05) is 12.1 Å². The minimum Gasteiger partial charge on any atom is -0.493 e. The molecule has 1 aliphatic carbocycles. The Kier molecular flexibility index (Phi) is 4.83. The first-order chi connectivity index (χ1) is 9.24. The number of nitrogens with one attached hydrogen (secondary N) is 1. The standard InChI is InChI=1S/C16H23NO2/c1-3-5-13-11-14(17-16(18)12-6-7-12)8-9-15(13)19-10-4-2/h8-9,11-12H,3-7,10H2,1-2H3,(H,17,18). The summed E-state index contributed by atoms with van der Waals surface area (Å²) in [4.78, 5) is 11.8. The summed E-state index contributed by atoms with van der Waals surface area (Å²) in [5.41, 5.74) is 2.08. The summed E-state index contributed by atoms with van der Waals surface area (Å²) >= 11 is 0. The molecular weight excluding hydrogens is 238 g/mol. The summed E-state index contributed by atoms with van der Waals surface area (Å²) in [6.45, 7) is 4.99. The van der Waals surface area contributed by atoms with E-state index in [4.69, 9.17) is 4.74 Å². The Morgan fingerprint density at radius 3 is 2.74 bits per heavy atom. The van der Waals surface area contributed by atoms with Gasteiger partial charge in [-0.15, -0.1) is 0 Å². The molecule has 1 N–H and O–H groups in total. The van der Waals surface area contributed by atoms with Gasteiger partial charge in [0.1, 0.15) is 5.75 Å². The minimum atomic E-state index is 0.157. The van der Waals surface area contributed by atoms with Crippen LogP contribution in [-0.4, -0.2) is 12.5 Å². The number of benzene rings is 1. The fourth-order valence-corrected chi connectivity index (χ4v) is 2.06. The second-order valence-electron chi connectivity index (χ2n) is 5.18. The Hall–Kier alpha value is -1.51. The number of carbonyl (C=O) groups is 1. The maximum atomic E-state index is 11.8. The van der Waals surface area contributed by atoms with Gasteiger partial charge in [-0.2, -0.15) is 0 Å². The molecule has 0 aliphatic heterocycles. The van der Waals surface area contributed by atoms with Crippen molar-refractivity contribution in [1.82, 2.24) is 0 Å². The first kappa shape index (κ1) is 13.9. The maximum absolute atomic E-state index is 11.8. The average Bonchev–Trinajstić information content (AvgIpc) is 3.22. The zero-order valence-corrected chi connectivity index (χ0v) is 11.9. The summed E-state index contributed by atoms with van der Waals surface area (Å²) in [5.74, 6) is 1.35. The van der Waals surface area contributed by atoms with Gasteiger partial charge in [0.25, 0.3) is 0 Å². The van der Waals surface area contributed by atoms with Crippen LogP contribution in [0.4, 0.5) is 5.69 Å². The van der Waals surface area contributed by atoms with Gasteiger partial charge < -0.3 is 10.1 Å². The van der Waals surface area contributed by atoms with Crippen molar-refractivity contribution in [2.45, 2.75) is 46.0 Å². The Labute approximate surface area is 115 Å². The van der Waals surface area contributed by atoms with Crippen molar-refractivity contribution in [3.63, 3.8) is 0 Å². The normalized spacial score (nSPS) is 14.2. The smallest absolute Gasteiger partial charge is 0.227 e. The zero-order valence-electron chi connectivity index (χ0n) is 11.9. The number of anilines is 1. The molecule has 1 saturated carbocycles. The van der Waals surface area contributed by atoms with Crippen molar-refractivity contribution in [3.8, 4) is 5.75 Å². The quantitative estimate of drug-likeness (QED) is 0.811. The second kappa shape index (κ2) is 6.60. The molecule has 0 radical (unpaired) electrons. The summed E-state index contributed by atoms with van der Waals surface area (Å²) in [7, 11) is 0. The number of hydrogen-bond donors (Lipinski definition) is 1. The lowest BCUT2D eigenvalue weighted by atomic mass is 10.1. The van der Waals surface area contributed by atoms with Gasteiger partial charge in [-0.25, -0.2) is 0 Å². The molecule has 1 fully saturated rings. The molecule has 0 aromatic heterocycles. The SMILES string of the molecule is CCCOc1ccc(NC(=O)C2CC2)cc1CCC. The lowest BCUT2D eigenvalue weighted by molar-refractivity contribution is -0.117. The predicted octanol–water partition coefficient (Wildman–Crippen LogP) is 3.78. The van der Waals surface area contributed by atoms with E-state index in [0.717, 1.165) is 50.1 Å². The fraction of sp³-hybridized carbons (Fsp3) is 0.562. The molecule has 104 valence electrons. The van der Waals surface area contributed by atoms with E-state index >= 15 is 0 Å². The molecule has 2 rings (SSSR count). The van der Waals surface area contributed by atoms with Crippen molar-refractivity contribution < 1.29 is 9.53 Å². The molecule has 0 atom stereocenters. The monoisotopic (exact) mass is 261 g/mol. The first-order valence-corrected chi connectivity index (χ1v) is 7.31. The van der Waals surface area contributed by atoms with Crippen LogP contribution >= 0.6 is 0 Å². The van der Waals surface area contributed by atoms with Gasteiger partial charge in [-0.1, -0.05) is 20.3 Å². The van der Waals surface area contributed by atoms with Crippen LogP contribution in [0.5, 0.6) is 5.75 Å². The molecule has 0 spiro atoms. The van der Waals surface area contributed by atoms with Crippen LogP contribution in [-0.2, 0) is 11.2 Å². The van der Waals surface area contributed by atoms with Crippen molar-refractivity contribution in [1.29, 1.82) is 0 Å². The van der Waals surface area contributed by atoms with Gasteiger partial charge in [0, 0.05) is 11.6 Å². The van der Waals surface area contributed by atoms with Gasteiger partial charge in [-0.05, 0) is 49.4 Å². The highest BCUT2D eigenvalue weighted by atomic mass is 16.5. The van der Waals surface area contributed by atoms with Crippen molar-refractivity contribution >= 4 is 11.6 Å². The minimum absolute atomic E-state index is 0.157. The third-order valence-corrected chi connectivity index (χ3v) is 3.26. The molecule has 1 aromatic carbocycles. The van der Waals surface area contributed by atoms with Crippen LogP contribution in [0, 0.1) is 5.92 Å². The third kappa shape index (κ3) is 3.98. The summed E-state index contributed by atoms with van der Waals surface area (Å²) in [6, 6.07) is 5.96. The Morgan fingerprint density at radius 1 is 1.32 bits per heavy atom. The molecule has 1 aromatic rings. The number of rotatable bonds is 7. The van der Waals surface area contributed by atoms with E-state index in [2.05, 4.69) is 25.2 Å². The number of hydrogen-bond acceptors (Lipinski definition) is 2. The Morgan fingerprint density at radius 2 is 2.11 bits per heavy atom. The lowest BCUT2D eigenvalue weighted by Gasteiger charge is -2.13. The third-order valence-electron chi connectivity index (χ3n) is 3.26. The first-order valence-electron chi connectivity index (χ1n) is 7.31. The highest BCUT2D eigenvalue weighted by Gasteiger charge is 2.29. The molecule has 3 heteroatoms. The molecule has 1 amide bonds. The van der Waals surface area contributed by atoms with Crippen LogP contribution in [0.15, 0.2) is 18.2 Å². The van der Waals surface area contributed by atoms with E-state index < -0.39 is 0 Å². The van der Waals surface area contributed by atoms with Crippen LogP contribution in [0.2, 0.25) is 0 Å². The molecule has 19 heavy (non-hydrogen) atoms. The topological polar surface area (TPSA) is 38.3 Å². The van der Waals surface area contributed by atoms with E-state index in [1.165, 1.54) is 5.56 Å². The highest BCUT2D eigenvalue weighted by molar-refractivity contribution is 5.94. The van der Waals surface area contributed by atoms with Crippen LogP contribution in [0.1, 0.15) is 45.1 Å². The molecule has 0 unspecified atom stereocenters. The Balaban J connectivity index is 2.07. The highest BCUT2D eigenvalue weighted by Crippen LogP contribution is 2.31. The van der Waals surface area contributed by atoms with Gasteiger partial charge in [0.2, 0.25) is 5.91 Å². The summed E-state index contributed by atoms with van der Waals surface area (Å²) in [6.07, 6.45) is 5.12. The van der Waals surface area contributed by atoms with Gasteiger partial charge in [-0.3, -0.25) is 4.79 Å². The van der Waals surface area contributed by atoms with Crippen molar-refractivity contribution in [3.05, 3.63) is 23.8 Å². The molecular formula is C16H23NO2. The lowest BCUT2D eigenvalue weighted by Crippen LogP contribution is -2.13. The van der Waals surface area contributed by atoms with E-state index in [0.29, 0.717) is 0 Å². The van der Waals surface area contributed by atoms with Crippen LogP contribution < -0.4 is 10.1 Å². The fourth-order valence-electron chi connectivity index (χ4n) is 2.06. The maximum Gasteiger partial charge on any atom is 0.227 e. The van der Waals surface area contributed by atoms with E-state index in [1.54, 1.807) is 0 Å². The molecule has 0 bridgehead atoms. The van der Waals surface area contributed by atoms with Crippen molar-refractivity contribution in [2.75, 3.05) is 11.9 Å². The summed E-state index contributed by atoms with van der Waals surface area (Å²) < 4.78 is 5.75. The van der Waals surface area contributed by atoms with E-state index in [-0.39, 0.29) is 11.8 Å². The largest absolute Gasteiger partial charge is 0.493 e. The molecule has 3 nitrogen and oxygen atoms in total. The number of amides is 1. The van der Waals surface area contributed by atoms with Gasteiger partial charge in [0.15, 0.2) is 0 Å². The average molecular weight is 261 g/mol. The molecule has 0 saturated heterocycles. The number of carbonyl (C=O) groups excluding carboxylic acids is 1. The van der Waals surface area contributed by atoms with Crippen LogP contribution in [0.3, 0.4) is 0 Å². The van der Waals surface area contributed by atoms with Crippen LogP contribution in [0.25, 0.3) is 0 Å². The zero-order chi connectivity index (χ0) is 13.7. The number of ether oxygens (including phenoxy) is 1.